The maximum Gasteiger partial charge on any atom is 0.230 e. The Morgan fingerprint density at radius 2 is 2.04 bits per heavy atom. The van der Waals surface area contributed by atoms with Gasteiger partial charge in [0.05, 0.1) is 7.11 Å². The summed E-state index contributed by atoms with van der Waals surface area (Å²) in [5.41, 5.74) is 0.938. The molecule has 24 heavy (non-hydrogen) atoms. The van der Waals surface area contributed by atoms with Gasteiger partial charge in [0.15, 0.2) is 0 Å². The van der Waals surface area contributed by atoms with E-state index in [0.717, 1.165) is 24.2 Å². The summed E-state index contributed by atoms with van der Waals surface area (Å²) in [7, 11) is 1.63. The van der Waals surface area contributed by atoms with Gasteiger partial charge in [-0.05, 0) is 30.5 Å². The lowest BCUT2D eigenvalue weighted by atomic mass is 9.74. The van der Waals surface area contributed by atoms with Crippen molar-refractivity contribution in [1.29, 1.82) is 0 Å². The topological polar surface area (TPSA) is 90.7 Å². The Morgan fingerprint density at radius 1 is 1.38 bits per heavy atom. The molecule has 1 saturated carbocycles. The number of nitrogens with zero attached hydrogens (tertiary/aromatic N) is 1. The normalized spacial score (nSPS) is 24.9. The highest BCUT2D eigenvalue weighted by Crippen LogP contribution is 2.37. The molecule has 0 unspecified atom stereocenters. The zero-order valence-electron chi connectivity index (χ0n) is 13.7. The van der Waals surface area contributed by atoms with Crippen LogP contribution < -0.4 is 10.1 Å². The number of hydrogen-bond donors (Lipinski definition) is 1. The number of methoxy groups -OCH3 is 1. The smallest absolute Gasteiger partial charge is 0.230 e. The molecule has 1 aromatic rings. The van der Waals surface area contributed by atoms with Crippen molar-refractivity contribution in [2.45, 2.75) is 30.7 Å². The molecule has 1 N–H and O–H groups in total. The number of nitro groups is 1. The average Bonchev–Trinajstić information content (AvgIpc) is 3.42. The van der Waals surface area contributed by atoms with E-state index in [2.05, 4.69) is 5.32 Å². The van der Waals surface area contributed by atoms with E-state index in [1.54, 1.807) is 7.11 Å². The van der Waals surface area contributed by atoms with Crippen LogP contribution in [-0.4, -0.2) is 43.7 Å². The summed E-state index contributed by atoms with van der Waals surface area (Å²) in [6, 6.07) is 7.16. The quantitative estimate of drug-likeness (QED) is 0.629. The van der Waals surface area contributed by atoms with E-state index in [1.807, 2.05) is 24.3 Å². The fourth-order valence-electron chi connectivity index (χ4n) is 3.36. The van der Waals surface area contributed by atoms with Gasteiger partial charge in [-0.3, -0.25) is 14.9 Å². The van der Waals surface area contributed by atoms with E-state index in [0.29, 0.717) is 26.2 Å². The van der Waals surface area contributed by atoms with Crippen LogP contribution in [0.2, 0.25) is 0 Å². The molecule has 7 heteroatoms. The van der Waals surface area contributed by atoms with E-state index in [1.165, 1.54) is 0 Å². The lowest BCUT2D eigenvalue weighted by molar-refractivity contribution is -0.497. The van der Waals surface area contributed by atoms with Crippen LogP contribution in [-0.2, 0) is 14.9 Å². The molecular weight excluding hydrogens is 312 g/mol. The first-order chi connectivity index (χ1) is 11.6. The summed E-state index contributed by atoms with van der Waals surface area (Å²) >= 11 is 0. The van der Waals surface area contributed by atoms with Crippen LogP contribution >= 0.6 is 0 Å². The molecule has 1 heterocycles. The third kappa shape index (κ3) is 3.36. The molecule has 0 bridgehead atoms. The Morgan fingerprint density at radius 3 is 2.58 bits per heavy atom. The molecule has 0 spiro atoms. The molecule has 3 rings (SSSR count). The van der Waals surface area contributed by atoms with Crippen LogP contribution in [0.3, 0.4) is 0 Å². The van der Waals surface area contributed by atoms with Gasteiger partial charge in [-0.2, -0.15) is 0 Å². The van der Waals surface area contributed by atoms with Crippen molar-refractivity contribution < 1.29 is 19.2 Å². The van der Waals surface area contributed by atoms with E-state index in [-0.39, 0.29) is 16.2 Å². The standard InChI is InChI=1S/C17H22N2O5/c1-23-13-4-2-12(3-5-13)17(6-8-24-9-7-17)11-18-16(20)14-10-15(14)19(21)22/h2-5,14-15H,6-11H2,1H3,(H,18,20)/t14-,15-/m1/s1. The molecular formula is C17H22N2O5. The van der Waals surface area contributed by atoms with Gasteiger partial charge in [0.2, 0.25) is 11.9 Å². The van der Waals surface area contributed by atoms with Gasteiger partial charge < -0.3 is 14.8 Å². The lowest BCUT2D eigenvalue weighted by Gasteiger charge is -2.38. The highest BCUT2D eigenvalue weighted by molar-refractivity contribution is 5.82. The van der Waals surface area contributed by atoms with Gasteiger partial charge in [-0.1, -0.05) is 12.1 Å². The van der Waals surface area contributed by atoms with Gasteiger partial charge in [0.1, 0.15) is 11.7 Å². The van der Waals surface area contributed by atoms with E-state index in [4.69, 9.17) is 9.47 Å². The zero-order chi connectivity index (χ0) is 17.2. The highest BCUT2D eigenvalue weighted by atomic mass is 16.6. The van der Waals surface area contributed by atoms with Crippen LogP contribution in [0, 0.1) is 16.0 Å². The Labute approximate surface area is 140 Å². The first-order valence-electron chi connectivity index (χ1n) is 8.19. The van der Waals surface area contributed by atoms with Gasteiger partial charge in [0, 0.05) is 36.5 Å². The maximum absolute atomic E-state index is 12.2. The Bertz CT molecular complexity index is 610. The monoisotopic (exact) mass is 334 g/mol. The molecule has 2 atom stereocenters. The number of carbonyl (C=O) groups is 1. The second-order valence-corrected chi connectivity index (χ2v) is 6.53. The highest BCUT2D eigenvalue weighted by Gasteiger charge is 2.53. The third-order valence-electron chi connectivity index (χ3n) is 5.12. The SMILES string of the molecule is COc1ccc(C2(CNC(=O)[C@@H]3C[C@H]3[N+](=O)[O-])CCOCC2)cc1. The molecule has 1 amide bonds. The van der Waals surface area contributed by atoms with Gasteiger partial charge in [-0.15, -0.1) is 0 Å². The summed E-state index contributed by atoms with van der Waals surface area (Å²) in [6.07, 6.45) is 1.96. The van der Waals surface area contributed by atoms with Crippen molar-refractivity contribution >= 4 is 5.91 Å². The van der Waals surface area contributed by atoms with E-state index >= 15 is 0 Å². The molecule has 1 aliphatic carbocycles. The number of ether oxygens (including phenoxy) is 2. The first-order valence-corrected chi connectivity index (χ1v) is 8.19. The van der Waals surface area contributed by atoms with E-state index in [9.17, 15) is 14.9 Å². The van der Waals surface area contributed by atoms with Crippen molar-refractivity contribution in [2.75, 3.05) is 26.9 Å². The number of amides is 1. The molecule has 2 aliphatic rings. The van der Waals surface area contributed by atoms with Crippen LogP contribution in [0.5, 0.6) is 5.75 Å². The van der Waals surface area contributed by atoms with Gasteiger partial charge in [0.25, 0.3) is 0 Å². The van der Waals surface area contributed by atoms with E-state index < -0.39 is 12.0 Å². The fraction of sp³-hybridized carbons (Fsp3) is 0.588. The summed E-state index contributed by atoms with van der Waals surface area (Å²) in [5, 5.41) is 13.7. The molecule has 0 aromatic heterocycles. The number of rotatable bonds is 6. The van der Waals surface area contributed by atoms with Crippen molar-refractivity contribution in [3.63, 3.8) is 0 Å². The summed E-state index contributed by atoms with van der Waals surface area (Å²) in [6.45, 7) is 1.76. The predicted octanol–water partition coefficient (Wildman–Crippen LogP) is 1.52. The zero-order valence-corrected chi connectivity index (χ0v) is 13.7. The van der Waals surface area contributed by atoms with Crippen LogP contribution in [0.4, 0.5) is 0 Å². The molecule has 1 aromatic carbocycles. The molecule has 7 nitrogen and oxygen atoms in total. The summed E-state index contributed by atoms with van der Waals surface area (Å²) in [5.74, 6) is 0.0978. The Balaban J connectivity index is 1.69. The van der Waals surface area contributed by atoms with Crippen molar-refractivity contribution in [3.8, 4) is 5.75 Å². The molecule has 0 radical (unpaired) electrons. The molecule has 2 fully saturated rings. The minimum atomic E-state index is -0.711. The number of benzene rings is 1. The Kier molecular flexibility index (Phi) is 4.71. The van der Waals surface area contributed by atoms with Crippen LogP contribution in [0.25, 0.3) is 0 Å². The number of carbonyl (C=O) groups excluding carboxylic acids is 1. The second-order valence-electron chi connectivity index (χ2n) is 6.53. The number of hydrogen-bond acceptors (Lipinski definition) is 5. The number of nitrogens with one attached hydrogen (secondary N) is 1. The van der Waals surface area contributed by atoms with Gasteiger partial charge in [-0.25, -0.2) is 0 Å². The largest absolute Gasteiger partial charge is 0.497 e. The summed E-state index contributed by atoms with van der Waals surface area (Å²) < 4.78 is 10.7. The molecule has 130 valence electrons. The van der Waals surface area contributed by atoms with Gasteiger partial charge >= 0.3 is 0 Å². The third-order valence-corrected chi connectivity index (χ3v) is 5.12. The average molecular weight is 334 g/mol. The maximum atomic E-state index is 12.2. The Hall–Kier alpha value is -2.15. The van der Waals surface area contributed by atoms with Crippen molar-refractivity contribution in [1.82, 2.24) is 5.32 Å². The minimum Gasteiger partial charge on any atom is -0.497 e. The minimum absolute atomic E-state index is 0.195. The second kappa shape index (κ2) is 6.76. The molecule has 1 saturated heterocycles. The fourth-order valence-corrected chi connectivity index (χ4v) is 3.36. The lowest BCUT2D eigenvalue weighted by Crippen LogP contribution is -2.45. The first kappa shape index (κ1) is 16.7. The molecule has 1 aliphatic heterocycles. The van der Waals surface area contributed by atoms with Crippen LogP contribution in [0.1, 0.15) is 24.8 Å². The van der Waals surface area contributed by atoms with Crippen molar-refractivity contribution in [2.24, 2.45) is 5.92 Å². The van der Waals surface area contributed by atoms with Crippen LogP contribution in [0.15, 0.2) is 24.3 Å². The predicted molar refractivity (Wildman–Crippen MR) is 86.6 cm³/mol. The van der Waals surface area contributed by atoms with Crippen molar-refractivity contribution in [3.05, 3.63) is 39.9 Å². The summed E-state index contributed by atoms with van der Waals surface area (Å²) in [4.78, 5) is 22.5.